The Morgan fingerprint density at radius 1 is 1.06 bits per heavy atom. The summed E-state index contributed by atoms with van der Waals surface area (Å²) in [6.45, 7) is 13.9. The van der Waals surface area contributed by atoms with Gasteiger partial charge < -0.3 is 24.6 Å². The smallest absolute Gasteiger partial charge is 0.408 e. The van der Waals surface area contributed by atoms with E-state index >= 15 is 0 Å². The molecule has 3 atom stereocenters. The van der Waals surface area contributed by atoms with Crippen LogP contribution in [0.1, 0.15) is 69.1 Å². The number of rotatable bonds is 9. The molecule has 3 fully saturated rings. The number of amides is 2. The third-order valence-corrected chi connectivity index (χ3v) is 11.2. The molecule has 0 radical (unpaired) electrons. The molecule has 7 rings (SSSR count). The SMILES string of the molecule is Cn1nc(-c2cscn2)cc1C(=O)N1C[C@H]2[C@H](Oc3cc(C(C)(C)NC(=O)OCc4ccccc4)cc(N4CCC(C)(C)CC4)n3)[C@@]2(C)C1. The number of nitrogens with zero attached hydrogens (tertiary/aromatic N) is 6. The molecular formula is C37H45N7O4S. The van der Waals surface area contributed by atoms with E-state index < -0.39 is 11.6 Å². The highest BCUT2D eigenvalue weighted by molar-refractivity contribution is 7.07. The zero-order valence-corrected chi connectivity index (χ0v) is 29.9. The third kappa shape index (κ3) is 6.75. The van der Waals surface area contributed by atoms with E-state index in [1.54, 1.807) is 17.2 Å². The first-order valence-electron chi connectivity index (χ1n) is 17.0. The van der Waals surface area contributed by atoms with Gasteiger partial charge in [0.2, 0.25) is 5.88 Å². The van der Waals surface area contributed by atoms with Crippen LogP contribution >= 0.6 is 11.3 Å². The van der Waals surface area contributed by atoms with Gasteiger partial charge in [-0.15, -0.1) is 11.3 Å². The van der Waals surface area contributed by atoms with Crippen molar-refractivity contribution >= 4 is 29.2 Å². The quantitative estimate of drug-likeness (QED) is 0.220. The van der Waals surface area contributed by atoms with Crippen molar-refractivity contribution in [2.45, 2.75) is 65.7 Å². The first-order chi connectivity index (χ1) is 23.3. The van der Waals surface area contributed by atoms with Gasteiger partial charge in [0, 0.05) is 56.0 Å². The molecule has 4 aromatic rings. The van der Waals surface area contributed by atoms with E-state index in [4.69, 9.17) is 14.5 Å². The van der Waals surface area contributed by atoms with Crippen LogP contribution in [-0.4, -0.2) is 68.9 Å². The molecule has 12 heteroatoms. The number of nitrogens with one attached hydrogen (secondary N) is 1. The largest absolute Gasteiger partial charge is 0.473 e. The maximum absolute atomic E-state index is 13.6. The van der Waals surface area contributed by atoms with Gasteiger partial charge in [0.1, 0.15) is 35.6 Å². The summed E-state index contributed by atoms with van der Waals surface area (Å²) in [5.41, 5.74) is 4.94. The van der Waals surface area contributed by atoms with Crippen LogP contribution in [0.15, 0.2) is 59.4 Å². The van der Waals surface area contributed by atoms with Crippen LogP contribution in [0.2, 0.25) is 0 Å². The maximum Gasteiger partial charge on any atom is 0.408 e. The number of anilines is 1. The van der Waals surface area contributed by atoms with Gasteiger partial charge in [0.15, 0.2) is 0 Å². The van der Waals surface area contributed by atoms with E-state index in [9.17, 15) is 9.59 Å². The molecule has 258 valence electrons. The van der Waals surface area contributed by atoms with E-state index in [1.807, 2.05) is 66.6 Å². The van der Waals surface area contributed by atoms with E-state index in [1.165, 1.54) is 11.3 Å². The number of likely N-dealkylation sites (tertiary alicyclic amines) is 1. The Morgan fingerprint density at radius 3 is 2.49 bits per heavy atom. The van der Waals surface area contributed by atoms with Gasteiger partial charge in [-0.1, -0.05) is 51.1 Å². The van der Waals surface area contributed by atoms with Crippen LogP contribution in [0.5, 0.6) is 5.88 Å². The van der Waals surface area contributed by atoms with Gasteiger partial charge in [0.05, 0.1) is 11.0 Å². The first kappa shape index (κ1) is 33.1. The van der Waals surface area contributed by atoms with Crippen molar-refractivity contribution in [3.8, 4) is 17.3 Å². The minimum Gasteiger partial charge on any atom is -0.473 e. The average molecular weight is 684 g/mol. The Labute approximate surface area is 291 Å². The lowest BCUT2D eigenvalue weighted by molar-refractivity contribution is 0.0720. The lowest BCUT2D eigenvalue weighted by Gasteiger charge is -2.38. The molecule has 2 amide bonds. The van der Waals surface area contributed by atoms with E-state index in [0.29, 0.717) is 30.4 Å². The molecule has 3 aromatic heterocycles. The Hall–Kier alpha value is -4.45. The number of benzene rings is 1. The van der Waals surface area contributed by atoms with Crippen LogP contribution in [0.4, 0.5) is 10.6 Å². The molecule has 2 saturated heterocycles. The van der Waals surface area contributed by atoms with Gasteiger partial charge in [-0.3, -0.25) is 9.48 Å². The number of carbonyl (C=O) groups excluding carboxylic acids is 2. The Kier molecular flexibility index (Phi) is 8.41. The number of aromatic nitrogens is 4. The molecule has 2 aliphatic heterocycles. The standard InChI is InChI=1S/C37H45N7O4S/c1-35(2)12-14-43(15-13-35)30-16-25(36(3,4)40-34(46)47-20-24-10-8-7-9-11-24)17-31(39-30)48-32-26-19-44(22-37(26,32)5)33(45)29-18-27(41-42(29)6)28-21-49-23-38-28/h7-11,16-18,21,23,26,32H,12-15,19-20,22H2,1-6H3,(H,40,46)/t26-,32-,37-/m0/s1. The summed E-state index contributed by atoms with van der Waals surface area (Å²) >= 11 is 1.50. The molecule has 0 bridgehead atoms. The van der Waals surface area contributed by atoms with Crippen molar-refractivity contribution < 1.29 is 19.1 Å². The second kappa shape index (κ2) is 12.5. The van der Waals surface area contributed by atoms with E-state index in [2.05, 4.69) is 47.1 Å². The van der Waals surface area contributed by atoms with Gasteiger partial charge in [-0.05, 0) is 55.4 Å². The molecule has 1 saturated carbocycles. The Balaban J connectivity index is 1.06. The molecule has 3 aliphatic rings. The number of carbonyl (C=O) groups is 2. The lowest BCUT2D eigenvalue weighted by Crippen LogP contribution is -2.42. The van der Waals surface area contributed by atoms with Crippen molar-refractivity contribution in [2.75, 3.05) is 31.1 Å². The number of hydrogen-bond acceptors (Lipinski definition) is 9. The highest BCUT2D eigenvalue weighted by atomic mass is 32.1. The predicted octanol–water partition coefficient (Wildman–Crippen LogP) is 6.27. The van der Waals surface area contributed by atoms with Crippen LogP contribution in [0.25, 0.3) is 11.4 Å². The second-order valence-corrected chi connectivity index (χ2v) is 16.0. The normalized spacial score (nSPS) is 22.8. The summed E-state index contributed by atoms with van der Waals surface area (Å²) in [7, 11) is 1.80. The summed E-state index contributed by atoms with van der Waals surface area (Å²) in [4.78, 5) is 40.1. The van der Waals surface area contributed by atoms with Gasteiger partial charge in [0.25, 0.3) is 5.91 Å². The number of thiazole rings is 1. The maximum atomic E-state index is 13.6. The molecule has 5 heterocycles. The summed E-state index contributed by atoms with van der Waals surface area (Å²) in [5, 5.41) is 9.52. The zero-order chi connectivity index (χ0) is 34.6. The fourth-order valence-corrected chi connectivity index (χ4v) is 7.68. The van der Waals surface area contributed by atoms with Crippen molar-refractivity contribution in [3.63, 3.8) is 0 Å². The number of aryl methyl sites for hydroxylation is 1. The lowest BCUT2D eigenvalue weighted by atomic mass is 9.82. The number of hydrogen-bond donors (Lipinski definition) is 1. The monoisotopic (exact) mass is 683 g/mol. The van der Waals surface area contributed by atoms with Crippen molar-refractivity contribution in [1.29, 1.82) is 0 Å². The number of pyridine rings is 1. The molecule has 49 heavy (non-hydrogen) atoms. The molecule has 1 aliphatic carbocycles. The van der Waals surface area contributed by atoms with Crippen LogP contribution < -0.4 is 15.0 Å². The number of ether oxygens (including phenoxy) is 2. The summed E-state index contributed by atoms with van der Waals surface area (Å²) < 4.78 is 13.9. The highest BCUT2D eigenvalue weighted by Crippen LogP contribution is 2.59. The predicted molar refractivity (Wildman–Crippen MR) is 188 cm³/mol. The van der Waals surface area contributed by atoms with E-state index in [-0.39, 0.29) is 35.4 Å². The minimum absolute atomic E-state index is 0.0361. The topological polar surface area (TPSA) is 115 Å². The van der Waals surface area contributed by atoms with Gasteiger partial charge >= 0.3 is 6.09 Å². The number of piperidine rings is 2. The average Bonchev–Trinajstić information content (AvgIpc) is 3.61. The van der Waals surface area contributed by atoms with Crippen LogP contribution in [0, 0.1) is 16.7 Å². The molecule has 1 N–H and O–H groups in total. The van der Waals surface area contributed by atoms with Crippen molar-refractivity contribution in [1.82, 2.24) is 30.0 Å². The number of alkyl carbamates (subject to hydrolysis) is 1. The second-order valence-electron chi connectivity index (χ2n) is 15.3. The summed E-state index contributed by atoms with van der Waals surface area (Å²) in [5.74, 6) is 1.52. The van der Waals surface area contributed by atoms with Crippen molar-refractivity contribution in [2.24, 2.45) is 23.8 Å². The Bertz CT molecular complexity index is 1830. The summed E-state index contributed by atoms with van der Waals surface area (Å²) in [6.07, 6.45) is 1.57. The Morgan fingerprint density at radius 2 is 1.82 bits per heavy atom. The fraction of sp³-hybridized carbons (Fsp3) is 0.486. The molecular weight excluding hydrogens is 639 g/mol. The minimum atomic E-state index is -0.758. The third-order valence-electron chi connectivity index (χ3n) is 10.6. The van der Waals surface area contributed by atoms with Crippen molar-refractivity contribution in [3.05, 3.63) is 76.2 Å². The van der Waals surface area contributed by atoms with Crippen LogP contribution in [-0.2, 0) is 23.9 Å². The zero-order valence-electron chi connectivity index (χ0n) is 29.1. The highest BCUT2D eigenvalue weighted by Gasteiger charge is 2.69. The summed E-state index contributed by atoms with van der Waals surface area (Å²) in [6, 6.07) is 15.5. The first-order valence-corrected chi connectivity index (χ1v) is 17.9. The molecule has 1 aromatic carbocycles. The fourth-order valence-electron chi connectivity index (χ4n) is 7.14. The van der Waals surface area contributed by atoms with E-state index in [0.717, 1.165) is 48.6 Å². The van der Waals surface area contributed by atoms with Gasteiger partial charge in [-0.25, -0.2) is 9.78 Å². The number of fused-ring (bicyclic) bond motifs is 1. The van der Waals surface area contributed by atoms with Gasteiger partial charge in [-0.2, -0.15) is 10.1 Å². The molecule has 11 nitrogen and oxygen atoms in total. The van der Waals surface area contributed by atoms with Crippen LogP contribution in [0.3, 0.4) is 0 Å². The molecule has 0 unspecified atom stereocenters. The molecule has 0 spiro atoms.